The second-order valence-electron chi connectivity index (χ2n) is 6.12. The molecule has 1 aliphatic heterocycles. The highest BCUT2D eigenvalue weighted by atomic mass is 16.6. The van der Waals surface area contributed by atoms with E-state index in [0.717, 1.165) is 36.8 Å². The van der Waals surface area contributed by atoms with Gasteiger partial charge in [-0.25, -0.2) is 9.78 Å². The molecular formula is C18H18N2O2. The van der Waals surface area contributed by atoms with Crippen molar-refractivity contribution < 1.29 is 9.53 Å². The van der Waals surface area contributed by atoms with Gasteiger partial charge in [0.2, 0.25) is 0 Å². The molecular weight excluding hydrogens is 276 g/mol. The van der Waals surface area contributed by atoms with Crippen molar-refractivity contribution in [2.45, 2.75) is 31.3 Å². The first-order chi connectivity index (χ1) is 10.8. The van der Waals surface area contributed by atoms with Crippen LogP contribution in [0.5, 0.6) is 0 Å². The molecule has 0 radical (unpaired) electrons. The van der Waals surface area contributed by atoms with Crippen molar-refractivity contribution in [3.05, 3.63) is 48.7 Å². The van der Waals surface area contributed by atoms with Crippen LogP contribution in [0.4, 0.5) is 10.6 Å². The minimum absolute atomic E-state index is 0.262. The number of ether oxygens (including phenoxy) is 1. The van der Waals surface area contributed by atoms with Gasteiger partial charge in [-0.1, -0.05) is 30.3 Å². The molecule has 1 spiro atoms. The normalized spacial score (nSPS) is 19.6. The van der Waals surface area contributed by atoms with E-state index < -0.39 is 0 Å². The van der Waals surface area contributed by atoms with Gasteiger partial charge in [-0.15, -0.1) is 0 Å². The third-order valence-corrected chi connectivity index (χ3v) is 4.62. The van der Waals surface area contributed by atoms with E-state index in [1.54, 1.807) is 4.90 Å². The lowest BCUT2D eigenvalue weighted by molar-refractivity contribution is 0.0629. The van der Waals surface area contributed by atoms with Crippen LogP contribution >= 0.6 is 0 Å². The van der Waals surface area contributed by atoms with E-state index in [-0.39, 0.29) is 11.7 Å². The van der Waals surface area contributed by atoms with Crippen molar-refractivity contribution in [1.82, 2.24) is 4.98 Å². The highest BCUT2D eigenvalue weighted by molar-refractivity contribution is 5.89. The number of aromatic nitrogens is 1. The van der Waals surface area contributed by atoms with Gasteiger partial charge in [0.1, 0.15) is 11.4 Å². The number of hydrogen-bond acceptors (Lipinski definition) is 3. The van der Waals surface area contributed by atoms with Crippen molar-refractivity contribution in [2.24, 2.45) is 0 Å². The van der Waals surface area contributed by atoms with Gasteiger partial charge in [-0.05, 0) is 43.4 Å². The van der Waals surface area contributed by atoms with Gasteiger partial charge < -0.3 is 4.74 Å². The SMILES string of the molecule is O=C1OC2(CCCC2)CN1c1ccc(-c2ccccc2)cn1. The summed E-state index contributed by atoms with van der Waals surface area (Å²) in [4.78, 5) is 18.3. The number of anilines is 1. The molecule has 4 nitrogen and oxygen atoms in total. The Morgan fingerprint density at radius 3 is 2.45 bits per heavy atom. The fourth-order valence-corrected chi connectivity index (χ4v) is 3.43. The summed E-state index contributed by atoms with van der Waals surface area (Å²) in [6.45, 7) is 0.628. The molecule has 0 N–H and O–H groups in total. The summed E-state index contributed by atoms with van der Waals surface area (Å²) in [6, 6.07) is 14.0. The number of pyridine rings is 1. The first-order valence-corrected chi connectivity index (χ1v) is 7.78. The Kier molecular flexibility index (Phi) is 3.10. The van der Waals surface area contributed by atoms with Crippen molar-refractivity contribution in [3.8, 4) is 11.1 Å². The van der Waals surface area contributed by atoms with Crippen LogP contribution in [0.25, 0.3) is 11.1 Å². The lowest BCUT2D eigenvalue weighted by Gasteiger charge is -2.19. The minimum Gasteiger partial charge on any atom is -0.441 e. The zero-order valence-corrected chi connectivity index (χ0v) is 12.4. The monoisotopic (exact) mass is 294 g/mol. The van der Waals surface area contributed by atoms with Crippen molar-refractivity contribution in [2.75, 3.05) is 11.4 Å². The Labute approximate surface area is 129 Å². The first-order valence-electron chi connectivity index (χ1n) is 7.78. The molecule has 4 heteroatoms. The largest absolute Gasteiger partial charge is 0.441 e. The van der Waals surface area contributed by atoms with E-state index in [9.17, 15) is 4.79 Å². The predicted octanol–water partition coefficient (Wildman–Crippen LogP) is 4.02. The van der Waals surface area contributed by atoms with Crippen LogP contribution in [0.2, 0.25) is 0 Å². The number of rotatable bonds is 2. The topological polar surface area (TPSA) is 42.4 Å². The van der Waals surface area contributed by atoms with Crippen LogP contribution < -0.4 is 4.90 Å². The average molecular weight is 294 g/mol. The zero-order valence-electron chi connectivity index (χ0n) is 12.4. The minimum atomic E-state index is -0.267. The summed E-state index contributed by atoms with van der Waals surface area (Å²) in [6.07, 6.45) is 5.77. The van der Waals surface area contributed by atoms with Gasteiger partial charge in [-0.3, -0.25) is 4.90 Å². The molecule has 0 atom stereocenters. The number of nitrogens with zero attached hydrogens (tertiary/aromatic N) is 2. The Hall–Kier alpha value is -2.36. The second-order valence-corrected chi connectivity index (χ2v) is 6.12. The van der Waals surface area contributed by atoms with Crippen LogP contribution in [0, 0.1) is 0 Å². The van der Waals surface area contributed by atoms with Gasteiger partial charge in [0.15, 0.2) is 0 Å². The third kappa shape index (κ3) is 2.25. The summed E-state index contributed by atoms with van der Waals surface area (Å²) in [7, 11) is 0. The summed E-state index contributed by atoms with van der Waals surface area (Å²) in [5.74, 6) is 0.674. The van der Waals surface area contributed by atoms with Crippen LogP contribution in [-0.4, -0.2) is 23.2 Å². The number of benzene rings is 1. The molecule has 22 heavy (non-hydrogen) atoms. The average Bonchev–Trinajstić information content (AvgIpc) is 3.15. The maximum Gasteiger partial charge on any atom is 0.416 e. The van der Waals surface area contributed by atoms with Crippen molar-refractivity contribution in [3.63, 3.8) is 0 Å². The molecule has 0 unspecified atom stereocenters. The maximum absolute atomic E-state index is 12.2. The standard InChI is InChI=1S/C18H18N2O2/c21-17-20(13-18(22-17)10-4-5-11-18)16-9-8-15(12-19-16)14-6-2-1-3-7-14/h1-3,6-9,12H,4-5,10-11,13H2. The molecule has 1 saturated carbocycles. The van der Waals surface area contributed by atoms with Gasteiger partial charge in [0.05, 0.1) is 6.54 Å². The van der Waals surface area contributed by atoms with E-state index in [1.165, 1.54) is 0 Å². The fraction of sp³-hybridized carbons (Fsp3) is 0.333. The highest BCUT2D eigenvalue weighted by Gasteiger charge is 2.47. The fourth-order valence-electron chi connectivity index (χ4n) is 3.43. The Morgan fingerprint density at radius 2 is 1.77 bits per heavy atom. The lowest BCUT2D eigenvalue weighted by atomic mass is 10.0. The van der Waals surface area contributed by atoms with Gasteiger partial charge in [0.25, 0.3) is 0 Å². The molecule has 1 saturated heterocycles. The van der Waals surface area contributed by atoms with Gasteiger partial charge >= 0.3 is 6.09 Å². The molecule has 4 rings (SSSR count). The van der Waals surface area contributed by atoms with Crippen molar-refractivity contribution in [1.29, 1.82) is 0 Å². The van der Waals surface area contributed by atoms with Crippen molar-refractivity contribution >= 4 is 11.9 Å². The summed E-state index contributed by atoms with van der Waals surface area (Å²) >= 11 is 0. The van der Waals surface area contributed by atoms with Crippen LogP contribution in [0.1, 0.15) is 25.7 Å². The third-order valence-electron chi connectivity index (χ3n) is 4.62. The second kappa shape index (κ2) is 5.13. The number of carbonyl (C=O) groups excluding carboxylic acids is 1. The molecule has 2 heterocycles. The Bertz CT molecular complexity index is 676. The molecule has 2 aliphatic rings. The van der Waals surface area contributed by atoms with E-state index in [0.29, 0.717) is 12.4 Å². The lowest BCUT2D eigenvalue weighted by Crippen LogP contribution is -2.31. The van der Waals surface area contributed by atoms with Crippen LogP contribution in [0.15, 0.2) is 48.7 Å². The highest BCUT2D eigenvalue weighted by Crippen LogP contribution is 2.39. The number of amides is 1. The van der Waals surface area contributed by atoms with Crippen LogP contribution in [-0.2, 0) is 4.74 Å². The van der Waals surface area contributed by atoms with Crippen LogP contribution in [0.3, 0.4) is 0 Å². The molecule has 1 amide bonds. The summed E-state index contributed by atoms with van der Waals surface area (Å²) < 4.78 is 5.64. The quantitative estimate of drug-likeness (QED) is 0.840. The van der Waals surface area contributed by atoms with E-state index in [4.69, 9.17) is 4.74 Å². The number of hydrogen-bond donors (Lipinski definition) is 0. The molecule has 2 aromatic rings. The predicted molar refractivity (Wildman–Crippen MR) is 84.7 cm³/mol. The molecule has 2 fully saturated rings. The smallest absolute Gasteiger partial charge is 0.416 e. The van der Waals surface area contributed by atoms with E-state index >= 15 is 0 Å². The van der Waals surface area contributed by atoms with E-state index in [1.807, 2.05) is 48.7 Å². The molecule has 1 aromatic heterocycles. The van der Waals surface area contributed by atoms with Gasteiger partial charge in [0, 0.05) is 11.8 Å². The number of carbonyl (C=O) groups is 1. The summed E-state index contributed by atoms with van der Waals surface area (Å²) in [5.41, 5.74) is 1.90. The molecule has 1 aromatic carbocycles. The summed E-state index contributed by atoms with van der Waals surface area (Å²) in [5, 5.41) is 0. The van der Waals surface area contributed by atoms with E-state index in [2.05, 4.69) is 4.98 Å². The first kappa shape index (κ1) is 13.3. The Morgan fingerprint density at radius 1 is 1.00 bits per heavy atom. The molecule has 0 bridgehead atoms. The van der Waals surface area contributed by atoms with Gasteiger partial charge in [-0.2, -0.15) is 0 Å². The molecule has 1 aliphatic carbocycles. The Balaban J connectivity index is 1.57. The zero-order chi connectivity index (χ0) is 15.0. The maximum atomic E-state index is 12.2. The molecule has 112 valence electrons.